The quantitative estimate of drug-likeness (QED) is 0.622. The SMILES string of the molecule is CC.CCC(C)C(C(=O)N(CC)CC(C)C)C1CC(C)OC(C)C1. The molecule has 0 radical (unpaired) electrons. The predicted octanol–water partition coefficient (Wildman–Crippen LogP) is 5.38. The Kier molecular flexibility index (Phi) is 11.6. The molecule has 1 heterocycles. The Morgan fingerprint density at radius 3 is 1.96 bits per heavy atom. The first-order valence-electron chi connectivity index (χ1n) is 10.2. The second-order valence-electron chi connectivity index (χ2n) is 7.67. The van der Waals surface area contributed by atoms with Crippen LogP contribution in [-0.4, -0.2) is 36.1 Å². The lowest BCUT2D eigenvalue weighted by molar-refractivity contribution is -0.144. The van der Waals surface area contributed by atoms with E-state index in [1.807, 2.05) is 13.8 Å². The number of carbonyl (C=O) groups excluding carboxylic acids is 1. The molecule has 1 saturated heterocycles. The summed E-state index contributed by atoms with van der Waals surface area (Å²) in [5.41, 5.74) is 0. The minimum Gasteiger partial charge on any atom is -0.376 e. The van der Waals surface area contributed by atoms with Crippen LogP contribution < -0.4 is 0 Å². The van der Waals surface area contributed by atoms with E-state index in [-0.39, 0.29) is 18.1 Å². The summed E-state index contributed by atoms with van der Waals surface area (Å²) < 4.78 is 5.89. The molecular weight excluding hydrogens is 298 g/mol. The molecule has 0 spiro atoms. The molecule has 24 heavy (non-hydrogen) atoms. The Balaban J connectivity index is 0.00000254. The maximum atomic E-state index is 13.2. The molecular formula is C21H43NO2. The molecule has 0 aromatic heterocycles. The fourth-order valence-electron chi connectivity index (χ4n) is 3.94. The van der Waals surface area contributed by atoms with Crippen molar-refractivity contribution in [3.8, 4) is 0 Å². The maximum Gasteiger partial charge on any atom is 0.226 e. The summed E-state index contributed by atoms with van der Waals surface area (Å²) in [7, 11) is 0. The van der Waals surface area contributed by atoms with Gasteiger partial charge in [0, 0.05) is 19.0 Å². The first-order valence-corrected chi connectivity index (χ1v) is 10.2. The van der Waals surface area contributed by atoms with Crippen LogP contribution in [0.25, 0.3) is 0 Å². The van der Waals surface area contributed by atoms with E-state index in [1.165, 1.54) is 0 Å². The third-order valence-electron chi connectivity index (χ3n) is 5.06. The van der Waals surface area contributed by atoms with Crippen molar-refractivity contribution in [3.63, 3.8) is 0 Å². The highest BCUT2D eigenvalue weighted by molar-refractivity contribution is 5.79. The zero-order chi connectivity index (χ0) is 18.9. The lowest BCUT2D eigenvalue weighted by Crippen LogP contribution is -2.46. The van der Waals surface area contributed by atoms with Crippen molar-refractivity contribution in [2.75, 3.05) is 13.1 Å². The molecule has 0 aliphatic carbocycles. The first kappa shape index (κ1) is 23.4. The number of carbonyl (C=O) groups is 1. The van der Waals surface area contributed by atoms with Gasteiger partial charge in [-0.1, -0.05) is 48.0 Å². The van der Waals surface area contributed by atoms with Crippen LogP contribution in [0.15, 0.2) is 0 Å². The van der Waals surface area contributed by atoms with Gasteiger partial charge in [-0.05, 0) is 51.4 Å². The highest BCUT2D eigenvalue weighted by atomic mass is 16.5. The van der Waals surface area contributed by atoms with Gasteiger partial charge in [0.2, 0.25) is 5.91 Å². The first-order chi connectivity index (χ1) is 11.3. The molecule has 144 valence electrons. The van der Waals surface area contributed by atoms with E-state index in [4.69, 9.17) is 4.74 Å². The summed E-state index contributed by atoms with van der Waals surface area (Å²) in [5, 5.41) is 0. The molecule has 1 aliphatic heterocycles. The molecule has 3 nitrogen and oxygen atoms in total. The summed E-state index contributed by atoms with van der Waals surface area (Å²) in [6.45, 7) is 20.9. The van der Waals surface area contributed by atoms with Gasteiger partial charge in [0.15, 0.2) is 0 Å². The molecule has 1 rings (SSSR count). The topological polar surface area (TPSA) is 29.5 Å². The van der Waals surface area contributed by atoms with Crippen molar-refractivity contribution in [1.82, 2.24) is 4.90 Å². The van der Waals surface area contributed by atoms with Crippen LogP contribution in [0.2, 0.25) is 0 Å². The molecule has 0 aromatic rings. The van der Waals surface area contributed by atoms with E-state index in [0.717, 1.165) is 32.4 Å². The average molecular weight is 342 g/mol. The van der Waals surface area contributed by atoms with Gasteiger partial charge in [-0.15, -0.1) is 0 Å². The predicted molar refractivity (Wildman–Crippen MR) is 104 cm³/mol. The van der Waals surface area contributed by atoms with E-state index in [1.54, 1.807) is 0 Å². The third-order valence-corrected chi connectivity index (χ3v) is 5.06. The summed E-state index contributed by atoms with van der Waals surface area (Å²) in [6, 6.07) is 0. The minimum atomic E-state index is 0.150. The molecule has 0 saturated carbocycles. The van der Waals surface area contributed by atoms with Crippen LogP contribution in [0, 0.1) is 23.7 Å². The van der Waals surface area contributed by atoms with Crippen LogP contribution >= 0.6 is 0 Å². The fraction of sp³-hybridized carbons (Fsp3) is 0.952. The zero-order valence-corrected chi connectivity index (χ0v) is 17.8. The highest BCUT2D eigenvalue weighted by Gasteiger charge is 2.38. The fourth-order valence-corrected chi connectivity index (χ4v) is 3.94. The van der Waals surface area contributed by atoms with Crippen molar-refractivity contribution in [3.05, 3.63) is 0 Å². The Morgan fingerprint density at radius 2 is 1.58 bits per heavy atom. The number of hydrogen-bond acceptors (Lipinski definition) is 2. The van der Waals surface area contributed by atoms with Crippen molar-refractivity contribution in [1.29, 1.82) is 0 Å². The molecule has 4 unspecified atom stereocenters. The average Bonchev–Trinajstić information content (AvgIpc) is 2.53. The second-order valence-corrected chi connectivity index (χ2v) is 7.67. The monoisotopic (exact) mass is 341 g/mol. The number of rotatable bonds is 7. The van der Waals surface area contributed by atoms with Gasteiger partial charge < -0.3 is 9.64 Å². The van der Waals surface area contributed by atoms with Crippen LogP contribution in [-0.2, 0) is 9.53 Å². The number of amides is 1. The Labute approximate surface area is 151 Å². The van der Waals surface area contributed by atoms with E-state index in [0.29, 0.717) is 23.7 Å². The summed E-state index contributed by atoms with van der Waals surface area (Å²) in [6.07, 6.45) is 3.64. The normalized spacial score (nSPS) is 26.3. The molecule has 3 heteroatoms. The van der Waals surface area contributed by atoms with Crippen molar-refractivity contribution < 1.29 is 9.53 Å². The summed E-state index contributed by atoms with van der Waals surface area (Å²) >= 11 is 0. The van der Waals surface area contributed by atoms with Gasteiger partial charge in [-0.25, -0.2) is 0 Å². The van der Waals surface area contributed by atoms with Gasteiger partial charge in [-0.2, -0.15) is 0 Å². The van der Waals surface area contributed by atoms with Gasteiger partial charge >= 0.3 is 0 Å². The van der Waals surface area contributed by atoms with E-state index < -0.39 is 0 Å². The standard InChI is InChI=1S/C19H37NO2.C2H6/c1-8-14(5)18(17-10-15(6)22-16(7)11-17)19(21)20(9-2)12-13(3)4;1-2/h13-18H,8-12H2,1-7H3;1-2H3. The van der Waals surface area contributed by atoms with Crippen molar-refractivity contribution in [2.24, 2.45) is 23.7 Å². The molecule has 4 atom stereocenters. The lowest BCUT2D eigenvalue weighted by Gasteiger charge is -2.40. The van der Waals surface area contributed by atoms with E-state index >= 15 is 0 Å². The lowest BCUT2D eigenvalue weighted by atomic mass is 9.74. The molecule has 0 aromatic carbocycles. The highest BCUT2D eigenvalue weighted by Crippen LogP contribution is 2.36. The van der Waals surface area contributed by atoms with Crippen LogP contribution in [0.5, 0.6) is 0 Å². The largest absolute Gasteiger partial charge is 0.376 e. The number of ether oxygens (including phenoxy) is 1. The number of nitrogens with zero attached hydrogens (tertiary/aromatic N) is 1. The minimum absolute atomic E-state index is 0.150. The zero-order valence-electron chi connectivity index (χ0n) is 17.8. The van der Waals surface area contributed by atoms with Crippen molar-refractivity contribution >= 4 is 5.91 Å². The van der Waals surface area contributed by atoms with Gasteiger partial charge in [-0.3, -0.25) is 4.79 Å². The summed E-state index contributed by atoms with van der Waals surface area (Å²) in [5.74, 6) is 1.95. The Hall–Kier alpha value is -0.570. The van der Waals surface area contributed by atoms with Crippen molar-refractivity contribution in [2.45, 2.75) is 93.8 Å². The van der Waals surface area contributed by atoms with Crippen LogP contribution in [0.1, 0.15) is 81.6 Å². The maximum absolute atomic E-state index is 13.2. The third kappa shape index (κ3) is 7.13. The van der Waals surface area contributed by atoms with Gasteiger partial charge in [0.05, 0.1) is 12.2 Å². The van der Waals surface area contributed by atoms with E-state index in [9.17, 15) is 4.79 Å². The molecule has 1 amide bonds. The second kappa shape index (κ2) is 11.9. The van der Waals surface area contributed by atoms with Crippen LogP contribution in [0.3, 0.4) is 0 Å². The molecule has 0 bridgehead atoms. The van der Waals surface area contributed by atoms with Gasteiger partial charge in [0.1, 0.15) is 0 Å². The number of hydrogen-bond donors (Lipinski definition) is 0. The Morgan fingerprint density at radius 1 is 1.08 bits per heavy atom. The van der Waals surface area contributed by atoms with Gasteiger partial charge in [0.25, 0.3) is 0 Å². The Bertz CT molecular complexity index is 333. The summed E-state index contributed by atoms with van der Waals surface area (Å²) in [4.78, 5) is 15.3. The van der Waals surface area contributed by atoms with Crippen LogP contribution in [0.4, 0.5) is 0 Å². The molecule has 1 fully saturated rings. The molecule has 1 aliphatic rings. The smallest absolute Gasteiger partial charge is 0.226 e. The van der Waals surface area contributed by atoms with E-state index in [2.05, 4.69) is 53.4 Å². The molecule has 0 N–H and O–H groups in total.